The van der Waals surface area contributed by atoms with Crippen molar-refractivity contribution in [2.45, 2.75) is 6.92 Å². The van der Waals surface area contributed by atoms with E-state index in [1.54, 1.807) is 7.05 Å². The molecule has 0 atom stereocenters. The summed E-state index contributed by atoms with van der Waals surface area (Å²) >= 11 is 6.38. The van der Waals surface area contributed by atoms with Crippen molar-refractivity contribution in [1.82, 2.24) is 5.32 Å². The van der Waals surface area contributed by atoms with E-state index in [1.165, 1.54) is 0 Å². The van der Waals surface area contributed by atoms with Crippen LogP contribution in [-0.4, -0.2) is 39.3 Å². The van der Waals surface area contributed by atoms with E-state index in [1.807, 2.05) is 19.1 Å². The van der Waals surface area contributed by atoms with Gasteiger partial charge in [0.05, 0.1) is 29.5 Å². The molecule has 18 heavy (non-hydrogen) atoms. The van der Waals surface area contributed by atoms with Gasteiger partial charge >= 0.3 is 0 Å². The largest absolute Gasteiger partial charge is 0.378 e. The Bertz CT molecular complexity index is 457. The van der Waals surface area contributed by atoms with Crippen LogP contribution in [0.4, 0.5) is 5.69 Å². The molecule has 5 heteroatoms. The van der Waals surface area contributed by atoms with Crippen LogP contribution in [0, 0.1) is 6.92 Å². The summed E-state index contributed by atoms with van der Waals surface area (Å²) in [5.74, 6) is -0.146. The molecule has 2 rings (SSSR count). The number of carbonyl (C=O) groups excluding carboxylic acids is 1. The van der Waals surface area contributed by atoms with Gasteiger partial charge in [0.2, 0.25) is 0 Å². The van der Waals surface area contributed by atoms with Gasteiger partial charge in [0.25, 0.3) is 5.91 Å². The number of aryl methyl sites for hydroxylation is 1. The second kappa shape index (κ2) is 5.59. The zero-order valence-corrected chi connectivity index (χ0v) is 11.4. The van der Waals surface area contributed by atoms with Crippen LogP contribution in [0.25, 0.3) is 0 Å². The van der Waals surface area contributed by atoms with Gasteiger partial charge in [-0.3, -0.25) is 4.79 Å². The summed E-state index contributed by atoms with van der Waals surface area (Å²) < 4.78 is 5.32. The monoisotopic (exact) mass is 268 g/mol. The van der Waals surface area contributed by atoms with Crippen LogP contribution in [-0.2, 0) is 4.74 Å². The van der Waals surface area contributed by atoms with E-state index < -0.39 is 0 Å². The molecule has 1 aliphatic heterocycles. The second-order valence-corrected chi connectivity index (χ2v) is 4.65. The number of ether oxygens (including phenoxy) is 1. The summed E-state index contributed by atoms with van der Waals surface area (Å²) in [5, 5.41) is 3.15. The molecule has 0 unspecified atom stereocenters. The number of carbonyl (C=O) groups is 1. The highest BCUT2D eigenvalue weighted by Crippen LogP contribution is 2.32. The third-order valence-corrected chi connectivity index (χ3v) is 3.52. The molecule has 0 saturated carbocycles. The van der Waals surface area contributed by atoms with Crippen LogP contribution in [0.1, 0.15) is 15.9 Å². The van der Waals surface area contributed by atoms with Crippen molar-refractivity contribution in [2.24, 2.45) is 0 Å². The SMILES string of the molecule is CNC(=O)c1c(C)ccc(N2CCOCC2)c1Cl. The van der Waals surface area contributed by atoms with Gasteiger partial charge in [0.15, 0.2) is 0 Å². The van der Waals surface area contributed by atoms with Gasteiger partial charge < -0.3 is 15.0 Å². The maximum atomic E-state index is 11.9. The van der Waals surface area contributed by atoms with E-state index in [2.05, 4.69) is 10.2 Å². The minimum atomic E-state index is -0.146. The summed E-state index contributed by atoms with van der Waals surface area (Å²) in [5.41, 5.74) is 2.35. The van der Waals surface area contributed by atoms with Crippen LogP contribution >= 0.6 is 11.6 Å². The molecule has 0 aromatic heterocycles. The molecule has 4 nitrogen and oxygen atoms in total. The number of benzene rings is 1. The lowest BCUT2D eigenvalue weighted by molar-refractivity contribution is 0.0962. The zero-order chi connectivity index (χ0) is 13.1. The van der Waals surface area contributed by atoms with Crippen molar-refractivity contribution in [3.8, 4) is 0 Å². The number of hydrogen-bond donors (Lipinski definition) is 1. The molecule has 1 aromatic carbocycles. The van der Waals surface area contributed by atoms with Gasteiger partial charge in [-0.1, -0.05) is 17.7 Å². The molecule has 1 aromatic rings. The number of rotatable bonds is 2. The average molecular weight is 269 g/mol. The first-order valence-electron chi connectivity index (χ1n) is 5.99. The Morgan fingerprint density at radius 2 is 2.06 bits per heavy atom. The number of nitrogens with one attached hydrogen (secondary N) is 1. The van der Waals surface area contributed by atoms with Gasteiger partial charge in [0.1, 0.15) is 0 Å². The summed E-state index contributed by atoms with van der Waals surface area (Å²) in [6, 6.07) is 3.90. The minimum absolute atomic E-state index is 0.146. The molecule has 0 bridgehead atoms. The Morgan fingerprint density at radius 1 is 1.39 bits per heavy atom. The fourth-order valence-corrected chi connectivity index (χ4v) is 2.53. The van der Waals surface area contributed by atoms with Crippen LogP contribution in [0.2, 0.25) is 5.02 Å². The quantitative estimate of drug-likeness (QED) is 0.890. The van der Waals surface area contributed by atoms with Crippen LogP contribution in [0.15, 0.2) is 12.1 Å². The molecule has 1 N–H and O–H groups in total. The van der Waals surface area contributed by atoms with Crippen LogP contribution in [0.3, 0.4) is 0 Å². The van der Waals surface area contributed by atoms with Gasteiger partial charge in [-0.15, -0.1) is 0 Å². The molecule has 1 heterocycles. The first kappa shape index (κ1) is 13.2. The molecule has 1 amide bonds. The van der Waals surface area contributed by atoms with Crippen molar-refractivity contribution in [1.29, 1.82) is 0 Å². The Morgan fingerprint density at radius 3 is 2.67 bits per heavy atom. The zero-order valence-electron chi connectivity index (χ0n) is 10.6. The molecule has 0 radical (unpaired) electrons. The number of amides is 1. The normalized spacial score (nSPS) is 15.6. The standard InChI is InChI=1S/C13H17ClN2O2/c1-9-3-4-10(16-5-7-18-8-6-16)12(14)11(9)13(17)15-2/h3-4H,5-8H2,1-2H3,(H,15,17). The highest BCUT2D eigenvalue weighted by molar-refractivity contribution is 6.36. The predicted molar refractivity (Wildman–Crippen MR) is 72.6 cm³/mol. The average Bonchev–Trinajstić information content (AvgIpc) is 2.39. The van der Waals surface area contributed by atoms with Crippen molar-refractivity contribution in [3.63, 3.8) is 0 Å². The molecule has 1 aliphatic rings. The second-order valence-electron chi connectivity index (χ2n) is 4.27. The Labute approximate surface area is 112 Å². The number of nitrogens with zero attached hydrogens (tertiary/aromatic N) is 1. The first-order valence-corrected chi connectivity index (χ1v) is 6.37. The smallest absolute Gasteiger partial charge is 0.252 e. The van der Waals surface area contributed by atoms with E-state index in [0.29, 0.717) is 23.8 Å². The Kier molecular flexibility index (Phi) is 4.09. The molecule has 0 aliphatic carbocycles. The summed E-state index contributed by atoms with van der Waals surface area (Å²) in [6.07, 6.45) is 0. The van der Waals surface area contributed by atoms with Gasteiger partial charge in [-0.05, 0) is 18.6 Å². The number of hydrogen-bond acceptors (Lipinski definition) is 3. The molecular formula is C13H17ClN2O2. The number of anilines is 1. The fraction of sp³-hybridized carbons (Fsp3) is 0.462. The van der Waals surface area contributed by atoms with E-state index in [-0.39, 0.29) is 5.91 Å². The topological polar surface area (TPSA) is 41.6 Å². The van der Waals surface area contributed by atoms with Crippen LogP contribution < -0.4 is 10.2 Å². The number of halogens is 1. The lowest BCUT2D eigenvalue weighted by Crippen LogP contribution is -2.36. The lowest BCUT2D eigenvalue weighted by atomic mass is 10.1. The maximum absolute atomic E-state index is 11.9. The fourth-order valence-electron chi connectivity index (χ4n) is 2.11. The van der Waals surface area contributed by atoms with E-state index in [4.69, 9.17) is 16.3 Å². The molecule has 0 spiro atoms. The van der Waals surface area contributed by atoms with Gasteiger partial charge in [-0.25, -0.2) is 0 Å². The number of morpholine rings is 1. The van der Waals surface area contributed by atoms with Gasteiger partial charge in [-0.2, -0.15) is 0 Å². The van der Waals surface area contributed by atoms with Crippen molar-refractivity contribution in [2.75, 3.05) is 38.3 Å². The predicted octanol–water partition coefficient (Wildman–Crippen LogP) is 1.84. The minimum Gasteiger partial charge on any atom is -0.378 e. The first-order chi connectivity index (χ1) is 8.65. The Balaban J connectivity index is 2.40. The molecule has 1 fully saturated rings. The Hall–Kier alpha value is -1.26. The summed E-state index contributed by atoms with van der Waals surface area (Å²) in [4.78, 5) is 14.0. The molecule has 1 saturated heterocycles. The third kappa shape index (κ3) is 2.44. The lowest BCUT2D eigenvalue weighted by Gasteiger charge is -2.30. The maximum Gasteiger partial charge on any atom is 0.252 e. The summed E-state index contributed by atoms with van der Waals surface area (Å²) in [6.45, 7) is 4.88. The van der Waals surface area contributed by atoms with Crippen molar-refractivity contribution in [3.05, 3.63) is 28.3 Å². The third-order valence-electron chi connectivity index (χ3n) is 3.14. The molecule has 98 valence electrons. The van der Waals surface area contributed by atoms with Crippen LogP contribution in [0.5, 0.6) is 0 Å². The van der Waals surface area contributed by atoms with E-state index >= 15 is 0 Å². The van der Waals surface area contributed by atoms with E-state index in [0.717, 1.165) is 24.3 Å². The van der Waals surface area contributed by atoms with Crippen molar-refractivity contribution < 1.29 is 9.53 Å². The highest BCUT2D eigenvalue weighted by Gasteiger charge is 2.20. The van der Waals surface area contributed by atoms with Crippen molar-refractivity contribution >= 4 is 23.2 Å². The van der Waals surface area contributed by atoms with E-state index in [9.17, 15) is 4.79 Å². The molecular weight excluding hydrogens is 252 g/mol. The highest BCUT2D eigenvalue weighted by atomic mass is 35.5. The van der Waals surface area contributed by atoms with Gasteiger partial charge in [0, 0.05) is 20.1 Å². The summed E-state index contributed by atoms with van der Waals surface area (Å²) in [7, 11) is 1.61.